The van der Waals surface area contributed by atoms with Crippen molar-refractivity contribution in [2.75, 3.05) is 13.2 Å². The lowest BCUT2D eigenvalue weighted by Crippen LogP contribution is -2.35. The second kappa shape index (κ2) is 7.99. The van der Waals surface area contributed by atoms with E-state index in [1.165, 1.54) is 4.57 Å². The average molecular weight is 448 g/mol. The predicted molar refractivity (Wildman–Crippen MR) is 112 cm³/mol. The van der Waals surface area contributed by atoms with Gasteiger partial charge in [0.1, 0.15) is 5.65 Å². The summed E-state index contributed by atoms with van der Waals surface area (Å²) in [6.07, 6.45) is 5.93. The van der Waals surface area contributed by atoms with E-state index in [-0.39, 0.29) is 36.9 Å². The Morgan fingerprint density at radius 2 is 2.03 bits per heavy atom. The van der Waals surface area contributed by atoms with Crippen LogP contribution in [0.25, 0.3) is 11.2 Å². The number of nitrogens with one attached hydrogen (secondary N) is 1. The summed E-state index contributed by atoms with van der Waals surface area (Å²) < 4.78 is 35.4. The molecule has 32 heavy (non-hydrogen) atoms. The molecule has 172 valence electrons. The van der Waals surface area contributed by atoms with Gasteiger partial charge in [-0.05, 0) is 43.6 Å². The molecule has 8 nitrogen and oxygen atoms in total. The Kier molecular flexibility index (Phi) is 5.27. The lowest BCUT2D eigenvalue weighted by Gasteiger charge is -2.29. The molecule has 1 amide bonds. The smallest absolute Gasteiger partial charge is 0.291 e. The number of fused-ring (bicyclic) bond motifs is 1. The highest BCUT2D eigenvalue weighted by Crippen LogP contribution is 2.38. The highest BCUT2D eigenvalue weighted by atomic mass is 19.3. The molecule has 2 fully saturated rings. The summed E-state index contributed by atoms with van der Waals surface area (Å²) in [6, 6.07) is 0.00611. The molecule has 3 aliphatic rings. The van der Waals surface area contributed by atoms with E-state index in [4.69, 9.17) is 4.74 Å². The Hall–Kier alpha value is -2.75. The SMILES string of the molecule is O=C(NC1CC1)c1c(O)n(CC2CCC(F)(F)CC2)c2c(C3=CCOCC3)cnn2c1=O. The third-order valence-electron chi connectivity index (χ3n) is 6.61. The number of carbonyl (C=O) groups excluding carboxylic acids is 1. The zero-order valence-electron chi connectivity index (χ0n) is 17.6. The van der Waals surface area contributed by atoms with Crippen LogP contribution in [-0.2, 0) is 11.3 Å². The monoisotopic (exact) mass is 448 g/mol. The number of aromatic nitrogens is 3. The quantitative estimate of drug-likeness (QED) is 0.733. The van der Waals surface area contributed by atoms with Gasteiger partial charge in [-0.2, -0.15) is 9.61 Å². The third-order valence-corrected chi connectivity index (χ3v) is 6.61. The minimum atomic E-state index is -2.67. The molecule has 2 saturated carbocycles. The van der Waals surface area contributed by atoms with E-state index < -0.39 is 23.3 Å². The number of aromatic hydroxyl groups is 1. The summed E-state index contributed by atoms with van der Waals surface area (Å²) in [5.74, 6) is -3.85. The second-order valence-corrected chi connectivity index (χ2v) is 9.01. The topological polar surface area (TPSA) is 97.9 Å². The van der Waals surface area contributed by atoms with Crippen LogP contribution in [0.2, 0.25) is 0 Å². The average Bonchev–Trinajstić information content (AvgIpc) is 3.47. The van der Waals surface area contributed by atoms with Crippen LogP contribution in [0.15, 0.2) is 17.1 Å². The predicted octanol–water partition coefficient (Wildman–Crippen LogP) is 2.72. The Morgan fingerprint density at radius 3 is 2.69 bits per heavy atom. The Balaban J connectivity index is 1.62. The molecular weight excluding hydrogens is 422 g/mol. The van der Waals surface area contributed by atoms with Crippen LogP contribution in [0.5, 0.6) is 5.88 Å². The maximum atomic E-state index is 13.7. The molecule has 0 radical (unpaired) electrons. The van der Waals surface area contributed by atoms with Crippen molar-refractivity contribution in [1.29, 1.82) is 0 Å². The third kappa shape index (κ3) is 3.92. The molecule has 10 heteroatoms. The van der Waals surface area contributed by atoms with Gasteiger partial charge in [-0.3, -0.25) is 14.2 Å². The molecule has 0 aromatic carbocycles. The van der Waals surface area contributed by atoms with E-state index in [9.17, 15) is 23.5 Å². The fourth-order valence-corrected chi connectivity index (χ4v) is 4.58. The lowest BCUT2D eigenvalue weighted by atomic mass is 9.86. The summed E-state index contributed by atoms with van der Waals surface area (Å²) in [4.78, 5) is 25.9. The molecule has 2 aliphatic carbocycles. The molecule has 0 atom stereocenters. The Bertz CT molecular complexity index is 1140. The first kappa shape index (κ1) is 21.1. The number of halogens is 2. The molecule has 2 aromatic heterocycles. The fourth-order valence-electron chi connectivity index (χ4n) is 4.58. The first-order chi connectivity index (χ1) is 15.3. The zero-order valence-corrected chi connectivity index (χ0v) is 17.6. The lowest BCUT2D eigenvalue weighted by molar-refractivity contribution is -0.0473. The van der Waals surface area contributed by atoms with Crippen LogP contribution >= 0.6 is 0 Å². The number of nitrogens with zero attached hydrogens (tertiary/aromatic N) is 3. The Labute approximate surface area is 182 Å². The van der Waals surface area contributed by atoms with Gasteiger partial charge in [0, 0.05) is 31.0 Å². The van der Waals surface area contributed by atoms with E-state index in [0.717, 1.165) is 22.9 Å². The number of hydrogen-bond donors (Lipinski definition) is 2. The van der Waals surface area contributed by atoms with Crippen LogP contribution in [0.4, 0.5) is 8.78 Å². The fraction of sp³-hybridized carbons (Fsp3) is 0.591. The van der Waals surface area contributed by atoms with E-state index in [1.54, 1.807) is 6.20 Å². The van der Waals surface area contributed by atoms with E-state index in [0.29, 0.717) is 43.7 Å². The molecule has 3 heterocycles. The Morgan fingerprint density at radius 1 is 1.28 bits per heavy atom. The van der Waals surface area contributed by atoms with Crippen molar-refractivity contribution >= 4 is 17.1 Å². The van der Waals surface area contributed by atoms with Crippen molar-refractivity contribution in [2.24, 2.45) is 5.92 Å². The van der Waals surface area contributed by atoms with Crippen molar-refractivity contribution in [3.8, 4) is 5.88 Å². The summed E-state index contributed by atoms with van der Waals surface area (Å²) in [7, 11) is 0. The van der Waals surface area contributed by atoms with Crippen molar-refractivity contribution in [2.45, 2.75) is 63.5 Å². The summed E-state index contributed by atoms with van der Waals surface area (Å²) in [6.45, 7) is 1.18. The summed E-state index contributed by atoms with van der Waals surface area (Å²) in [5.41, 5.74) is 0.934. The highest BCUT2D eigenvalue weighted by molar-refractivity contribution is 5.97. The second-order valence-electron chi connectivity index (χ2n) is 9.01. The standard InChI is InChI=1S/C22H26F2N4O4/c23-22(24)7-3-13(4-8-22)12-27-19-16(14-5-9-32-10-6-14)11-25-28(19)21(31)17(20(27)30)18(29)26-15-1-2-15/h5,11,13,15,30H,1-4,6-10,12H2,(H,26,29). The normalized spacial score (nSPS) is 21.5. The van der Waals surface area contributed by atoms with Gasteiger partial charge in [-0.1, -0.05) is 6.08 Å². The molecule has 0 bridgehead atoms. The van der Waals surface area contributed by atoms with Crippen LogP contribution < -0.4 is 10.9 Å². The molecule has 0 saturated heterocycles. The first-order valence-electron chi connectivity index (χ1n) is 11.1. The minimum absolute atomic E-state index is 0.00611. The number of amides is 1. The van der Waals surface area contributed by atoms with Crippen molar-refractivity contribution < 1.29 is 23.4 Å². The number of carbonyl (C=O) groups is 1. The molecule has 2 aromatic rings. The van der Waals surface area contributed by atoms with Crippen LogP contribution in [0, 0.1) is 5.92 Å². The molecule has 0 unspecified atom stereocenters. The number of hydrogen-bond acceptors (Lipinski definition) is 5. The van der Waals surface area contributed by atoms with Gasteiger partial charge < -0.3 is 15.2 Å². The number of alkyl halides is 2. The van der Waals surface area contributed by atoms with Crippen LogP contribution in [0.1, 0.15) is 60.9 Å². The van der Waals surface area contributed by atoms with Crippen molar-refractivity contribution in [1.82, 2.24) is 19.5 Å². The molecule has 5 rings (SSSR count). The maximum Gasteiger partial charge on any atom is 0.291 e. The van der Waals surface area contributed by atoms with Crippen LogP contribution in [-0.4, -0.2) is 50.4 Å². The van der Waals surface area contributed by atoms with Gasteiger partial charge in [0.15, 0.2) is 5.56 Å². The van der Waals surface area contributed by atoms with Gasteiger partial charge in [0.05, 0.1) is 19.4 Å². The van der Waals surface area contributed by atoms with Gasteiger partial charge in [-0.15, -0.1) is 0 Å². The maximum absolute atomic E-state index is 13.7. The van der Waals surface area contributed by atoms with Gasteiger partial charge >= 0.3 is 0 Å². The largest absolute Gasteiger partial charge is 0.494 e. The molecule has 2 N–H and O–H groups in total. The zero-order chi connectivity index (χ0) is 22.5. The summed E-state index contributed by atoms with van der Waals surface area (Å²) >= 11 is 0. The van der Waals surface area contributed by atoms with E-state index in [2.05, 4.69) is 10.4 Å². The highest BCUT2D eigenvalue weighted by Gasteiger charge is 2.36. The molecule has 0 spiro atoms. The van der Waals surface area contributed by atoms with E-state index >= 15 is 0 Å². The van der Waals surface area contributed by atoms with Gasteiger partial charge in [0.2, 0.25) is 11.8 Å². The van der Waals surface area contributed by atoms with Gasteiger partial charge in [0.25, 0.3) is 11.5 Å². The van der Waals surface area contributed by atoms with Gasteiger partial charge in [-0.25, -0.2) is 8.78 Å². The van der Waals surface area contributed by atoms with E-state index in [1.807, 2.05) is 6.08 Å². The minimum Gasteiger partial charge on any atom is -0.494 e. The van der Waals surface area contributed by atoms with Crippen molar-refractivity contribution in [3.63, 3.8) is 0 Å². The number of rotatable bonds is 5. The molecular formula is C22H26F2N4O4. The van der Waals surface area contributed by atoms with Crippen molar-refractivity contribution in [3.05, 3.63) is 33.8 Å². The number of ether oxygens (including phenoxy) is 1. The van der Waals surface area contributed by atoms with Crippen LogP contribution in [0.3, 0.4) is 0 Å². The summed E-state index contributed by atoms with van der Waals surface area (Å²) in [5, 5.41) is 18.1. The molecule has 1 aliphatic heterocycles. The first-order valence-corrected chi connectivity index (χ1v) is 11.1.